The zero-order valence-electron chi connectivity index (χ0n) is 10.2. The molecule has 16 heavy (non-hydrogen) atoms. The summed E-state index contributed by atoms with van der Waals surface area (Å²) in [4.78, 5) is 0. The Bertz CT molecular complexity index is 314. The number of rotatable bonds is 3. The van der Waals surface area contributed by atoms with E-state index in [1.807, 2.05) is 20.8 Å². The average molecular weight is 230 g/mol. The van der Waals surface area contributed by atoms with Gasteiger partial charge in [-0.1, -0.05) is 13.8 Å². The van der Waals surface area contributed by atoms with Crippen LogP contribution in [0.2, 0.25) is 0 Å². The molecule has 0 aliphatic rings. The third-order valence-electron chi connectivity index (χ3n) is 2.18. The largest absolute Gasteiger partial charge is 0.399 e. The Morgan fingerprint density at radius 3 is 2.06 bits per heavy atom. The Balaban J connectivity index is 0.00000106. The second-order valence-corrected chi connectivity index (χ2v) is 3.24. The van der Waals surface area contributed by atoms with Crippen LogP contribution in [0.15, 0.2) is 18.2 Å². The first-order valence-corrected chi connectivity index (χ1v) is 5.40. The molecule has 1 rings (SSSR count). The first-order valence-electron chi connectivity index (χ1n) is 5.40. The maximum Gasteiger partial charge on any atom is 0.263 e. The Kier molecular flexibility index (Phi) is 6.65. The molecule has 1 aromatic carbocycles. The van der Waals surface area contributed by atoms with E-state index < -0.39 is 6.43 Å². The number of nitrogen functional groups attached to an aromatic ring is 1. The van der Waals surface area contributed by atoms with Crippen molar-refractivity contribution in [1.82, 2.24) is 5.32 Å². The highest BCUT2D eigenvalue weighted by atomic mass is 19.3. The van der Waals surface area contributed by atoms with Gasteiger partial charge in [0.15, 0.2) is 0 Å². The summed E-state index contributed by atoms with van der Waals surface area (Å²) in [5.41, 5.74) is 6.66. The van der Waals surface area contributed by atoms with Crippen molar-refractivity contribution in [2.45, 2.75) is 33.2 Å². The van der Waals surface area contributed by atoms with E-state index >= 15 is 0 Å². The molecule has 1 aromatic rings. The van der Waals surface area contributed by atoms with Crippen LogP contribution < -0.4 is 11.1 Å². The van der Waals surface area contributed by atoms with Gasteiger partial charge in [-0.3, -0.25) is 0 Å². The monoisotopic (exact) mass is 230 g/mol. The molecule has 0 aliphatic carbocycles. The molecule has 92 valence electrons. The van der Waals surface area contributed by atoms with E-state index in [4.69, 9.17) is 5.73 Å². The van der Waals surface area contributed by atoms with Crippen molar-refractivity contribution in [3.63, 3.8) is 0 Å². The first-order chi connectivity index (χ1) is 7.54. The molecule has 0 fully saturated rings. The fourth-order valence-electron chi connectivity index (χ4n) is 1.25. The van der Waals surface area contributed by atoms with Crippen molar-refractivity contribution in [3.05, 3.63) is 29.3 Å². The molecule has 1 atom stereocenters. The number of halogens is 2. The second-order valence-electron chi connectivity index (χ2n) is 3.24. The molecule has 0 heterocycles. The number of hydrogen-bond acceptors (Lipinski definition) is 2. The number of nitrogens with two attached hydrogens (primary N) is 1. The molecule has 0 radical (unpaired) electrons. The minimum Gasteiger partial charge on any atom is -0.399 e. The van der Waals surface area contributed by atoms with Gasteiger partial charge >= 0.3 is 0 Å². The van der Waals surface area contributed by atoms with Gasteiger partial charge in [-0.25, -0.2) is 8.78 Å². The van der Waals surface area contributed by atoms with Crippen LogP contribution in [-0.4, -0.2) is 7.05 Å². The van der Waals surface area contributed by atoms with Crippen molar-refractivity contribution < 1.29 is 8.78 Å². The molecule has 2 nitrogen and oxygen atoms in total. The maximum absolute atomic E-state index is 12.4. The van der Waals surface area contributed by atoms with Crippen LogP contribution in [0.1, 0.15) is 44.4 Å². The predicted octanol–water partition coefficient (Wildman–Crippen LogP) is 3.51. The normalized spacial score (nSPS) is 11.9. The third kappa shape index (κ3) is 4.14. The summed E-state index contributed by atoms with van der Waals surface area (Å²) < 4.78 is 24.8. The lowest BCUT2D eigenvalue weighted by molar-refractivity contribution is 0.151. The fraction of sp³-hybridized carbons (Fsp3) is 0.500. The van der Waals surface area contributed by atoms with E-state index in [9.17, 15) is 8.78 Å². The summed E-state index contributed by atoms with van der Waals surface area (Å²) in [6.45, 7) is 5.89. The summed E-state index contributed by atoms with van der Waals surface area (Å²) >= 11 is 0. The van der Waals surface area contributed by atoms with E-state index in [1.54, 1.807) is 13.1 Å². The Labute approximate surface area is 95.8 Å². The molecule has 0 aromatic heterocycles. The summed E-state index contributed by atoms with van der Waals surface area (Å²) in [7, 11) is 1.77. The second kappa shape index (κ2) is 7.17. The van der Waals surface area contributed by atoms with Gasteiger partial charge < -0.3 is 11.1 Å². The minimum absolute atomic E-state index is 0.0241. The van der Waals surface area contributed by atoms with Crippen LogP contribution in [0.25, 0.3) is 0 Å². The van der Waals surface area contributed by atoms with Crippen molar-refractivity contribution in [1.29, 1.82) is 0 Å². The molecular weight excluding hydrogens is 210 g/mol. The average Bonchev–Trinajstić information content (AvgIpc) is 2.29. The van der Waals surface area contributed by atoms with Gasteiger partial charge in [0.1, 0.15) is 0 Å². The molecule has 3 N–H and O–H groups in total. The molecule has 0 bridgehead atoms. The Morgan fingerprint density at radius 2 is 1.62 bits per heavy atom. The summed E-state index contributed by atoms with van der Waals surface area (Å²) in [5, 5.41) is 2.97. The van der Waals surface area contributed by atoms with Crippen LogP contribution in [0.4, 0.5) is 14.5 Å². The molecule has 0 saturated heterocycles. The van der Waals surface area contributed by atoms with Crippen LogP contribution >= 0.6 is 0 Å². The topological polar surface area (TPSA) is 38.0 Å². The number of hydrogen-bond donors (Lipinski definition) is 2. The summed E-state index contributed by atoms with van der Waals surface area (Å²) in [5.74, 6) is 0. The molecule has 0 saturated carbocycles. The summed E-state index contributed by atoms with van der Waals surface area (Å²) in [6, 6.07) is 4.50. The van der Waals surface area contributed by atoms with Crippen molar-refractivity contribution in [3.8, 4) is 0 Å². The van der Waals surface area contributed by atoms with Gasteiger partial charge in [-0.05, 0) is 37.7 Å². The number of nitrogens with one attached hydrogen (secondary N) is 1. The van der Waals surface area contributed by atoms with Gasteiger partial charge in [0, 0.05) is 17.3 Å². The SMILES string of the molecule is CC.CN[C@H](C)c1cc(N)cc(C(F)F)c1. The van der Waals surface area contributed by atoms with E-state index in [-0.39, 0.29) is 11.6 Å². The lowest BCUT2D eigenvalue weighted by Crippen LogP contribution is -2.13. The smallest absolute Gasteiger partial charge is 0.263 e. The minimum atomic E-state index is -2.47. The Morgan fingerprint density at radius 1 is 1.12 bits per heavy atom. The van der Waals surface area contributed by atoms with E-state index in [1.165, 1.54) is 12.1 Å². The quantitative estimate of drug-likeness (QED) is 0.780. The van der Waals surface area contributed by atoms with E-state index in [2.05, 4.69) is 5.32 Å². The fourth-order valence-corrected chi connectivity index (χ4v) is 1.25. The van der Waals surface area contributed by atoms with Crippen molar-refractivity contribution in [2.75, 3.05) is 12.8 Å². The van der Waals surface area contributed by atoms with Gasteiger partial charge in [-0.15, -0.1) is 0 Å². The van der Waals surface area contributed by atoms with Gasteiger partial charge in [0.05, 0.1) is 0 Å². The molecule has 0 amide bonds. The standard InChI is InChI=1S/C10H14F2N2.C2H6/c1-6(14-2)7-3-8(10(11)12)5-9(13)4-7;1-2/h3-6,10,14H,13H2,1-2H3;1-2H3/t6-;/m1./s1. The highest BCUT2D eigenvalue weighted by molar-refractivity contribution is 5.46. The highest BCUT2D eigenvalue weighted by Gasteiger charge is 2.11. The zero-order chi connectivity index (χ0) is 12.7. The Hall–Kier alpha value is -1.16. The maximum atomic E-state index is 12.4. The predicted molar refractivity (Wildman–Crippen MR) is 64.6 cm³/mol. The van der Waals surface area contributed by atoms with Crippen molar-refractivity contribution in [2.24, 2.45) is 0 Å². The lowest BCUT2D eigenvalue weighted by Gasteiger charge is -2.13. The van der Waals surface area contributed by atoms with Crippen LogP contribution in [-0.2, 0) is 0 Å². The molecule has 4 heteroatoms. The van der Waals surface area contributed by atoms with Gasteiger partial charge in [0.25, 0.3) is 6.43 Å². The number of anilines is 1. The van der Waals surface area contributed by atoms with E-state index in [0.717, 1.165) is 5.56 Å². The number of benzene rings is 1. The van der Waals surface area contributed by atoms with Crippen LogP contribution in [0, 0.1) is 0 Å². The van der Waals surface area contributed by atoms with E-state index in [0.29, 0.717) is 5.69 Å². The summed E-state index contributed by atoms with van der Waals surface area (Å²) in [6.07, 6.45) is -2.47. The zero-order valence-corrected chi connectivity index (χ0v) is 10.2. The lowest BCUT2D eigenvalue weighted by atomic mass is 10.0. The molecule has 0 spiro atoms. The molecule has 0 unspecified atom stereocenters. The number of alkyl halides is 2. The van der Waals surface area contributed by atoms with Crippen molar-refractivity contribution >= 4 is 5.69 Å². The highest BCUT2D eigenvalue weighted by Crippen LogP contribution is 2.25. The first kappa shape index (κ1) is 14.8. The van der Waals surface area contributed by atoms with Crippen LogP contribution in [0.3, 0.4) is 0 Å². The molecule has 0 aliphatic heterocycles. The third-order valence-corrected chi connectivity index (χ3v) is 2.18. The molecular formula is C12H20F2N2. The van der Waals surface area contributed by atoms with Gasteiger partial charge in [0.2, 0.25) is 0 Å². The van der Waals surface area contributed by atoms with Gasteiger partial charge in [-0.2, -0.15) is 0 Å². The van der Waals surface area contributed by atoms with Crippen LogP contribution in [0.5, 0.6) is 0 Å².